The fourth-order valence-electron chi connectivity index (χ4n) is 1.94. The van der Waals surface area contributed by atoms with Crippen LogP contribution in [0.2, 0.25) is 0 Å². The first-order valence-corrected chi connectivity index (χ1v) is 4.78. The average Bonchev–Trinajstić information content (AvgIpc) is 2.15. The molecule has 78 valence electrons. The lowest BCUT2D eigenvalue weighted by molar-refractivity contribution is -0.901. The van der Waals surface area contributed by atoms with E-state index in [1.54, 1.807) is 0 Å². The van der Waals surface area contributed by atoms with Crippen molar-refractivity contribution in [2.24, 2.45) is 0 Å². The Labute approximate surface area is 82.7 Å². The van der Waals surface area contributed by atoms with Crippen LogP contribution < -0.4 is 0 Å². The molecule has 0 radical (unpaired) electrons. The molecule has 0 aromatic rings. The predicted octanol–water partition coefficient (Wildman–Crippen LogP) is 0.852. The Morgan fingerprint density at radius 1 is 1.64 bits per heavy atom. The smallest absolute Gasteiger partial charge is 0.362 e. The van der Waals surface area contributed by atoms with Crippen molar-refractivity contribution in [3.8, 4) is 6.07 Å². The van der Waals surface area contributed by atoms with E-state index in [1.807, 2.05) is 6.07 Å². The zero-order valence-electron chi connectivity index (χ0n) is 7.98. The summed E-state index contributed by atoms with van der Waals surface area (Å²) in [6.45, 7) is 0.437. The van der Waals surface area contributed by atoms with Crippen molar-refractivity contribution in [2.75, 3.05) is 13.1 Å². The minimum atomic E-state index is -1.03. The van der Waals surface area contributed by atoms with Gasteiger partial charge >= 0.3 is 5.97 Å². The minimum absolute atomic E-state index is 0.105. The van der Waals surface area contributed by atoms with E-state index in [0.29, 0.717) is 13.0 Å². The van der Waals surface area contributed by atoms with Gasteiger partial charge < -0.3 is 15.0 Å². The number of piperidine rings is 1. The lowest BCUT2D eigenvalue weighted by Crippen LogP contribution is -2.57. The number of aliphatic carboxylic acids is 1. The first-order valence-electron chi connectivity index (χ1n) is 4.78. The molecule has 0 spiro atoms. The number of carboxylic acids is 1. The third kappa shape index (κ3) is 2.22. The van der Waals surface area contributed by atoms with Crippen LogP contribution in [0.15, 0.2) is 0 Å². The Hall–Kier alpha value is -1.12. The normalized spacial score (nSPS) is 32.1. The molecule has 5 heteroatoms. The SMILES string of the molecule is N#CCC[N+]1([O-])CCCCC1C(=O)O. The van der Waals surface area contributed by atoms with Gasteiger partial charge in [0.25, 0.3) is 0 Å². The molecule has 0 aliphatic carbocycles. The van der Waals surface area contributed by atoms with Gasteiger partial charge in [0.2, 0.25) is 0 Å². The number of rotatable bonds is 3. The molecule has 0 amide bonds. The molecule has 2 atom stereocenters. The predicted molar refractivity (Wildman–Crippen MR) is 48.9 cm³/mol. The van der Waals surface area contributed by atoms with Gasteiger partial charge in [0.1, 0.15) is 0 Å². The molecular weight excluding hydrogens is 184 g/mol. The molecule has 0 aromatic carbocycles. The molecule has 14 heavy (non-hydrogen) atoms. The summed E-state index contributed by atoms with van der Waals surface area (Å²) in [6, 6.07) is 1.03. The van der Waals surface area contributed by atoms with E-state index in [0.717, 1.165) is 12.8 Å². The van der Waals surface area contributed by atoms with Gasteiger partial charge in [-0.25, -0.2) is 4.79 Å². The molecular formula is C9H14N2O3. The van der Waals surface area contributed by atoms with Crippen molar-refractivity contribution in [1.29, 1.82) is 5.26 Å². The Balaban J connectivity index is 2.69. The molecule has 1 aliphatic heterocycles. The molecule has 0 saturated carbocycles. The highest BCUT2D eigenvalue weighted by Crippen LogP contribution is 2.25. The second-order valence-corrected chi connectivity index (χ2v) is 3.66. The zero-order valence-corrected chi connectivity index (χ0v) is 7.98. The van der Waals surface area contributed by atoms with E-state index >= 15 is 0 Å². The van der Waals surface area contributed by atoms with E-state index in [2.05, 4.69) is 0 Å². The van der Waals surface area contributed by atoms with Crippen LogP contribution in [-0.2, 0) is 4.79 Å². The molecule has 5 nitrogen and oxygen atoms in total. The zero-order chi connectivity index (χ0) is 10.6. The van der Waals surface area contributed by atoms with Gasteiger partial charge in [-0.05, 0) is 12.8 Å². The number of likely N-dealkylation sites (tertiary alicyclic amines) is 1. The maximum atomic E-state index is 12.1. The molecule has 0 aromatic heterocycles. The minimum Gasteiger partial charge on any atom is -0.632 e. The highest BCUT2D eigenvalue weighted by atomic mass is 16.6. The summed E-state index contributed by atoms with van der Waals surface area (Å²) in [7, 11) is 0. The van der Waals surface area contributed by atoms with Gasteiger partial charge in [0.15, 0.2) is 6.04 Å². The largest absolute Gasteiger partial charge is 0.632 e. The molecule has 1 N–H and O–H groups in total. The Morgan fingerprint density at radius 3 is 2.93 bits per heavy atom. The molecule has 2 unspecified atom stereocenters. The maximum absolute atomic E-state index is 12.1. The van der Waals surface area contributed by atoms with E-state index in [-0.39, 0.29) is 13.0 Å². The summed E-state index contributed by atoms with van der Waals surface area (Å²) >= 11 is 0. The summed E-state index contributed by atoms with van der Waals surface area (Å²) in [5.41, 5.74) is 0. The lowest BCUT2D eigenvalue weighted by Gasteiger charge is -2.49. The first kappa shape index (κ1) is 11.0. The number of hydroxylamine groups is 3. The third-order valence-corrected chi connectivity index (χ3v) is 2.72. The number of quaternary nitrogens is 1. The quantitative estimate of drug-likeness (QED) is 0.538. The van der Waals surface area contributed by atoms with Crippen LogP contribution in [-0.4, -0.2) is 34.9 Å². The van der Waals surface area contributed by atoms with Crippen LogP contribution in [0.1, 0.15) is 25.7 Å². The van der Waals surface area contributed by atoms with Gasteiger partial charge in [-0.2, -0.15) is 5.26 Å². The van der Waals surface area contributed by atoms with E-state index in [1.165, 1.54) is 0 Å². The van der Waals surface area contributed by atoms with Crippen molar-refractivity contribution in [3.63, 3.8) is 0 Å². The van der Waals surface area contributed by atoms with Crippen molar-refractivity contribution in [2.45, 2.75) is 31.7 Å². The number of carboxylic acid groups (broad SMARTS) is 1. The van der Waals surface area contributed by atoms with Crippen LogP contribution in [0.3, 0.4) is 0 Å². The number of carbonyl (C=O) groups is 1. The monoisotopic (exact) mass is 198 g/mol. The van der Waals surface area contributed by atoms with Crippen LogP contribution in [0.25, 0.3) is 0 Å². The van der Waals surface area contributed by atoms with Gasteiger partial charge in [-0.15, -0.1) is 0 Å². The van der Waals surface area contributed by atoms with Crippen LogP contribution in [0, 0.1) is 16.5 Å². The summed E-state index contributed by atoms with van der Waals surface area (Å²) < 4.78 is -0.719. The van der Waals surface area contributed by atoms with Crippen LogP contribution in [0.5, 0.6) is 0 Å². The summed E-state index contributed by atoms with van der Waals surface area (Å²) in [5, 5.41) is 29.3. The van der Waals surface area contributed by atoms with Crippen molar-refractivity contribution < 1.29 is 14.5 Å². The van der Waals surface area contributed by atoms with Gasteiger partial charge in [-0.1, -0.05) is 0 Å². The topological polar surface area (TPSA) is 84.1 Å². The van der Waals surface area contributed by atoms with Crippen LogP contribution in [0.4, 0.5) is 0 Å². The van der Waals surface area contributed by atoms with Gasteiger partial charge in [0, 0.05) is 6.42 Å². The molecule has 1 aliphatic rings. The van der Waals surface area contributed by atoms with E-state index < -0.39 is 16.7 Å². The molecule has 0 bridgehead atoms. The lowest BCUT2D eigenvalue weighted by atomic mass is 10.0. The molecule has 1 rings (SSSR count). The number of hydrogen-bond acceptors (Lipinski definition) is 3. The van der Waals surface area contributed by atoms with E-state index in [4.69, 9.17) is 10.4 Å². The Morgan fingerprint density at radius 2 is 2.36 bits per heavy atom. The summed E-state index contributed by atoms with van der Waals surface area (Å²) in [6.07, 6.45) is 2.13. The number of nitrogens with zero attached hydrogens (tertiary/aromatic N) is 2. The molecule has 1 heterocycles. The van der Waals surface area contributed by atoms with Crippen molar-refractivity contribution in [3.05, 3.63) is 5.21 Å². The fraction of sp³-hybridized carbons (Fsp3) is 0.778. The van der Waals surface area contributed by atoms with Crippen molar-refractivity contribution >= 4 is 5.97 Å². The van der Waals surface area contributed by atoms with E-state index in [9.17, 15) is 10.0 Å². The molecule has 1 fully saturated rings. The summed E-state index contributed by atoms with van der Waals surface area (Å²) in [5.74, 6) is -1.03. The summed E-state index contributed by atoms with van der Waals surface area (Å²) in [4.78, 5) is 10.8. The van der Waals surface area contributed by atoms with Gasteiger partial charge in [0.05, 0.1) is 25.6 Å². The second-order valence-electron chi connectivity index (χ2n) is 3.66. The Bertz CT molecular complexity index is 261. The number of nitriles is 1. The van der Waals surface area contributed by atoms with Crippen LogP contribution >= 0.6 is 0 Å². The highest BCUT2D eigenvalue weighted by molar-refractivity contribution is 5.72. The second kappa shape index (κ2) is 4.40. The molecule has 1 saturated heterocycles. The average molecular weight is 198 g/mol. The number of hydrogen-bond donors (Lipinski definition) is 1. The standard InChI is InChI=1S/C9H14N2O3/c10-5-3-7-11(14)6-2-1-4-8(11)9(12)13/h8H,1-4,6-7H2,(H,12,13). The maximum Gasteiger partial charge on any atom is 0.362 e. The fourth-order valence-corrected chi connectivity index (χ4v) is 1.94. The Kier molecular flexibility index (Phi) is 3.44. The van der Waals surface area contributed by atoms with Gasteiger partial charge in [-0.3, -0.25) is 0 Å². The third-order valence-electron chi connectivity index (χ3n) is 2.72. The van der Waals surface area contributed by atoms with Crippen molar-refractivity contribution in [1.82, 2.24) is 0 Å². The highest BCUT2D eigenvalue weighted by Gasteiger charge is 2.37. The first-order chi connectivity index (χ1) is 6.60.